The maximum absolute atomic E-state index is 13.5. The molecular weight excluding hydrogens is 442 g/mol. The molecule has 0 saturated carbocycles. The van der Waals surface area contributed by atoms with Crippen LogP contribution in [0.1, 0.15) is 51.5 Å². The van der Waals surface area contributed by atoms with Crippen molar-refractivity contribution in [2.75, 3.05) is 26.2 Å². The van der Waals surface area contributed by atoms with Gasteiger partial charge in [0.05, 0.1) is 38.0 Å². The largest absolute Gasteiger partial charge is 1.00 e. The lowest BCUT2D eigenvalue weighted by molar-refractivity contribution is -0.941. The molecule has 3 nitrogen and oxygen atoms in total. The number of quaternary nitrogens is 1. The molecule has 0 amide bonds. The third kappa shape index (κ3) is 5.16. The van der Waals surface area contributed by atoms with E-state index in [2.05, 4.69) is 30.3 Å². The molecule has 4 heteroatoms. The quantitative estimate of drug-likeness (QED) is 0.422. The second kappa shape index (κ2) is 10.7. The molecule has 2 aliphatic rings. The number of ketones is 2. The van der Waals surface area contributed by atoms with Gasteiger partial charge in [-0.15, -0.1) is 0 Å². The first-order chi connectivity index (χ1) is 16.1. The maximum Gasteiger partial charge on any atom is 0.171 e. The van der Waals surface area contributed by atoms with E-state index in [1.807, 2.05) is 60.7 Å². The molecule has 2 fully saturated rings. The van der Waals surface area contributed by atoms with Crippen LogP contribution in [0.5, 0.6) is 0 Å². The lowest BCUT2D eigenvalue weighted by Gasteiger charge is -2.50. The van der Waals surface area contributed by atoms with Crippen molar-refractivity contribution in [1.29, 1.82) is 0 Å². The van der Waals surface area contributed by atoms with Gasteiger partial charge < -0.3 is 16.9 Å². The molecular formula is C30H32ClNO2. The molecule has 0 N–H and O–H groups in total. The molecule has 2 aliphatic heterocycles. The van der Waals surface area contributed by atoms with Crippen molar-refractivity contribution in [2.45, 2.75) is 25.2 Å². The highest BCUT2D eigenvalue weighted by atomic mass is 35.5. The molecule has 2 saturated heterocycles. The minimum Gasteiger partial charge on any atom is -1.00 e. The summed E-state index contributed by atoms with van der Waals surface area (Å²) in [4.78, 5) is 27.0. The smallest absolute Gasteiger partial charge is 0.171 e. The number of hydrogen-bond acceptors (Lipinski definition) is 2. The van der Waals surface area contributed by atoms with Crippen molar-refractivity contribution < 1.29 is 26.5 Å². The zero-order valence-corrected chi connectivity index (χ0v) is 20.2. The zero-order valence-electron chi connectivity index (χ0n) is 19.5. The SMILES string of the molecule is O=C(c1ccccc1)C1CC(C(=O)c2ccccc2)C[N+]2(CCC(c3ccccc3)CC2)C1.[Cl-]. The number of hydrogen-bond donors (Lipinski definition) is 0. The first-order valence-corrected chi connectivity index (χ1v) is 12.2. The van der Waals surface area contributed by atoms with Crippen LogP contribution in [0.2, 0.25) is 0 Å². The number of carbonyl (C=O) groups excluding carboxylic acids is 2. The summed E-state index contributed by atoms with van der Waals surface area (Å²) in [6.45, 7) is 3.79. The first kappa shape index (κ1) is 24.4. The predicted octanol–water partition coefficient (Wildman–Crippen LogP) is 2.79. The molecule has 0 bridgehead atoms. The fourth-order valence-electron chi connectivity index (χ4n) is 6.10. The molecule has 0 aromatic heterocycles. The third-order valence-corrected chi connectivity index (χ3v) is 7.82. The standard InChI is InChI=1S/C30H32NO2.ClH/c32-29(25-12-6-2-7-13-25)27-20-28(30(33)26-14-8-3-9-15-26)22-31(21-27)18-16-24(17-19-31)23-10-4-1-5-11-23;/h1-15,24,27-28H,16-22H2;1H/q+1;/p-1. The van der Waals surface area contributed by atoms with Crippen LogP contribution in [0.3, 0.4) is 0 Å². The van der Waals surface area contributed by atoms with Crippen molar-refractivity contribution in [3.05, 3.63) is 108 Å². The second-order valence-corrected chi connectivity index (χ2v) is 9.93. The van der Waals surface area contributed by atoms with E-state index < -0.39 is 0 Å². The van der Waals surface area contributed by atoms with E-state index in [9.17, 15) is 9.59 Å². The molecule has 3 aromatic carbocycles. The third-order valence-electron chi connectivity index (χ3n) is 7.82. The summed E-state index contributed by atoms with van der Waals surface area (Å²) >= 11 is 0. The number of halogens is 1. The lowest BCUT2D eigenvalue weighted by Crippen LogP contribution is -3.00. The van der Waals surface area contributed by atoms with Crippen LogP contribution in [0.15, 0.2) is 91.0 Å². The summed E-state index contributed by atoms with van der Waals surface area (Å²) in [6.07, 6.45) is 2.88. The Bertz CT molecular complexity index is 1030. The van der Waals surface area contributed by atoms with Crippen molar-refractivity contribution in [3.8, 4) is 0 Å². The van der Waals surface area contributed by atoms with Gasteiger partial charge in [0.15, 0.2) is 11.6 Å². The van der Waals surface area contributed by atoms with Gasteiger partial charge in [-0.1, -0.05) is 91.0 Å². The average molecular weight is 474 g/mol. The molecule has 1 spiro atoms. The Kier molecular flexibility index (Phi) is 7.65. The summed E-state index contributed by atoms with van der Waals surface area (Å²) in [7, 11) is 0. The van der Waals surface area contributed by atoms with Crippen molar-refractivity contribution in [1.82, 2.24) is 0 Å². The Morgan fingerprint density at radius 3 is 1.47 bits per heavy atom. The Hall–Kier alpha value is -2.75. The summed E-state index contributed by atoms with van der Waals surface area (Å²) in [5, 5.41) is 0. The molecule has 2 unspecified atom stereocenters. The van der Waals surface area contributed by atoms with Crippen LogP contribution in [-0.4, -0.2) is 42.2 Å². The summed E-state index contributed by atoms with van der Waals surface area (Å²) in [5.41, 5.74) is 2.96. The lowest BCUT2D eigenvalue weighted by atomic mass is 9.77. The van der Waals surface area contributed by atoms with Gasteiger partial charge in [-0.2, -0.15) is 0 Å². The summed E-state index contributed by atoms with van der Waals surface area (Å²) in [6, 6.07) is 30.1. The van der Waals surface area contributed by atoms with Crippen LogP contribution in [0, 0.1) is 11.8 Å². The number of nitrogens with zero attached hydrogens (tertiary/aromatic N) is 1. The van der Waals surface area contributed by atoms with E-state index in [0.717, 1.165) is 54.6 Å². The molecule has 5 rings (SSSR count). The van der Waals surface area contributed by atoms with E-state index in [1.54, 1.807) is 0 Å². The van der Waals surface area contributed by atoms with Gasteiger partial charge in [-0.05, 0) is 17.9 Å². The fraction of sp³-hybridized carbons (Fsp3) is 0.333. The average Bonchev–Trinajstić information content (AvgIpc) is 2.89. The van der Waals surface area contributed by atoms with Gasteiger partial charge in [0, 0.05) is 24.0 Å². The van der Waals surface area contributed by atoms with Crippen LogP contribution >= 0.6 is 0 Å². The summed E-state index contributed by atoms with van der Waals surface area (Å²) in [5.74, 6) is 0.760. The maximum atomic E-state index is 13.5. The van der Waals surface area contributed by atoms with Gasteiger partial charge in [0.2, 0.25) is 0 Å². The predicted molar refractivity (Wildman–Crippen MR) is 131 cm³/mol. The van der Waals surface area contributed by atoms with Gasteiger partial charge >= 0.3 is 0 Å². The van der Waals surface area contributed by atoms with Crippen LogP contribution in [0.25, 0.3) is 0 Å². The highest BCUT2D eigenvalue weighted by Gasteiger charge is 2.46. The van der Waals surface area contributed by atoms with Crippen LogP contribution in [0.4, 0.5) is 0 Å². The Morgan fingerprint density at radius 1 is 0.618 bits per heavy atom. The monoisotopic (exact) mass is 473 g/mol. The molecule has 34 heavy (non-hydrogen) atoms. The van der Waals surface area contributed by atoms with Crippen LogP contribution < -0.4 is 12.4 Å². The Labute approximate surface area is 208 Å². The van der Waals surface area contributed by atoms with E-state index in [4.69, 9.17) is 0 Å². The zero-order chi connectivity index (χ0) is 22.7. The Balaban J connectivity index is 0.00000274. The Morgan fingerprint density at radius 2 is 1.03 bits per heavy atom. The normalized spacial score (nSPS) is 26.4. The minimum absolute atomic E-state index is 0. The van der Waals surface area contributed by atoms with Gasteiger partial charge in [-0.3, -0.25) is 9.59 Å². The van der Waals surface area contributed by atoms with Gasteiger partial charge in [-0.25, -0.2) is 0 Å². The molecule has 2 heterocycles. The van der Waals surface area contributed by atoms with E-state index >= 15 is 0 Å². The second-order valence-electron chi connectivity index (χ2n) is 9.93. The van der Waals surface area contributed by atoms with Crippen molar-refractivity contribution in [2.24, 2.45) is 11.8 Å². The highest BCUT2D eigenvalue weighted by Crippen LogP contribution is 2.38. The van der Waals surface area contributed by atoms with Crippen molar-refractivity contribution in [3.63, 3.8) is 0 Å². The van der Waals surface area contributed by atoms with E-state index in [-0.39, 0.29) is 35.8 Å². The number of rotatable bonds is 5. The first-order valence-electron chi connectivity index (χ1n) is 12.2. The number of carbonyl (C=O) groups is 2. The number of benzene rings is 3. The number of piperidine rings is 2. The van der Waals surface area contributed by atoms with E-state index in [0.29, 0.717) is 12.3 Å². The molecule has 176 valence electrons. The van der Waals surface area contributed by atoms with Gasteiger partial charge in [0.25, 0.3) is 0 Å². The molecule has 0 radical (unpaired) electrons. The van der Waals surface area contributed by atoms with Crippen LogP contribution in [-0.2, 0) is 0 Å². The van der Waals surface area contributed by atoms with Gasteiger partial charge in [0.1, 0.15) is 0 Å². The number of Topliss-reactive ketones (excluding diaryl/α,β-unsaturated/α-hetero) is 2. The summed E-state index contributed by atoms with van der Waals surface area (Å²) < 4.78 is 0.899. The highest BCUT2D eigenvalue weighted by molar-refractivity contribution is 6.00. The van der Waals surface area contributed by atoms with Crippen molar-refractivity contribution >= 4 is 11.6 Å². The fourth-order valence-corrected chi connectivity index (χ4v) is 6.10. The van der Waals surface area contributed by atoms with E-state index in [1.165, 1.54) is 5.56 Å². The topological polar surface area (TPSA) is 34.1 Å². The molecule has 2 atom stereocenters. The minimum atomic E-state index is -0.105. The molecule has 0 aliphatic carbocycles. The molecule has 3 aromatic rings.